The molecule has 0 aliphatic heterocycles. The second-order valence-electron chi connectivity index (χ2n) is 2.26. The van der Waals surface area contributed by atoms with Gasteiger partial charge in [-0.2, -0.15) is 0 Å². The van der Waals surface area contributed by atoms with Crippen molar-refractivity contribution in [3.05, 3.63) is 0 Å². The van der Waals surface area contributed by atoms with Gasteiger partial charge in [-0.25, -0.2) is 0 Å². The fourth-order valence-corrected chi connectivity index (χ4v) is 0.671. The summed E-state index contributed by atoms with van der Waals surface area (Å²) in [5.74, 6) is 0. The minimum absolute atomic E-state index is 1.19. The maximum atomic E-state index is 9.84. The Kier molecular flexibility index (Phi) is 6.80. The Hall–Kier alpha value is 0.0400. The molecule has 0 bridgehead atoms. The first kappa shape index (κ1) is 15.5. The number of hydrogen-bond donors (Lipinski definition) is 0. The van der Waals surface area contributed by atoms with Crippen molar-refractivity contribution < 1.29 is 21.0 Å². The monoisotopic (exact) mass is 227 g/mol. The van der Waals surface area contributed by atoms with E-state index in [1.54, 1.807) is 0 Å². The molecule has 1 nitrogen and oxygen atoms in total. The molecular weight excluding hydrogens is 212 g/mol. The zero-order chi connectivity index (χ0) is 11.1. The Balaban J connectivity index is 0. The van der Waals surface area contributed by atoms with E-state index in [2.05, 4.69) is 25.7 Å². The van der Waals surface area contributed by atoms with Crippen molar-refractivity contribution in [2.75, 3.05) is 19.6 Å². The standard InChI is InChI=1S/C6H15N.F5P/c1-4-7(5-2)6-3;1-6(2,3,4)5/h4-6H2,1-3H3;. The second-order valence-corrected chi connectivity index (χ2v) is 3.54. The topological polar surface area (TPSA) is 3.24 Å². The van der Waals surface area contributed by atoms with E-state index < -0.39 is 8.16 Å². The van der Waals surface area contributed by atoms with Crippen LogP contribution in [-0.4, -0.2) is 24.5 Å². The van der Waals surface area contributed by atoms with Gasteiger partial charge < -0.3 is 4.90 Å². The normalized spacial score (nSPS) is 14.4. The first-order valence-electron chi connectivity index (χ1n) is 3.92. The van der Waals surface area contributed by atoms with Gasteiger partial charge in [-0.05, 0) is 19.6 Å². The van der Waals surface area contributed by atoms with Crippen LogP contribution in [0.4, 0.5) is 21.0 Å². The van der Waals surface area contributed by atoms with Crippen molar-refractivity contribution in [2.45, 2.75) is 20.8 Å². The van der Waals surface area contributed by atoms with Crippen molar-refractivity contribution in [3.8, 4) is 0 Å². The minimum atomic E-state index is -8.55. The predicted molar refractivity (Wildman–Crippen MR) is 45.9 cm³/mol. The van der Waals surface area contributed by atoms with Crippen molar-refractivity contribution in [2.24, 2.45) is 0 Å². The molecule has 7 heteroatoms. The van der Waals surface area contributed by atoms with Gasteiger partial charge in [-0.15, -0.1) is 0 Å². The van der Waals surface area contributed by atoms with Crippen LogP contribution in [-0.2, 0) is 0 Å². The molecular formula is C6H15F5NP. The van der Waals surface area contributed by atoms with Crippen LogP contribution in [0.15, 0.2) is 0 Å². The third-order valence-corrected chi connectivity index (χ3v) is 1.34. The molecule has 0 aromatic heterocycles. The van der Waals surface area contributed by atoms with Crippen LogP contribution in [0, 0.1) is 0 Å². The number of nitrogens with zero attached hydrogens (tertiary/aromatic N) is 1. The first-order chi connectivity index (χ1) is 5.58. The molecule has 0 saturated carbocycles. The van der Waals surface area contributed by atoms with E-state index in [1.165, 1.54) is 19.6 Å². The van der Waals surface area contributed by atoms with Crippen LogP contribution in [0.2, 0.25) is 0 Å². The third kappa shape index (κ3) is 33.3. The van der Waals surface area contributed by atoms with Gasteiger partial charge in [-0.1, -0.05) is 20.8 Å². The first-order valence-corrected chi connectivity index (χ1v) is 5.61. The molecule has 84 valence electrons. The molecule has 0 aliphatic rings. The van der Waals surface area contributed by atoms with Gasteiger partial charge in [-0.3, -0.25) is 0 Å². The van der Waals surface area contributed by atoms with Crippen LogP contribution < -0.4 is 0 Å². The van der Waals surface area contributed by atoms with Gasteiger partial charge in [0.1, 0.15) is 0 Å². The fourth-order valence-electron chi connectivity index (χ4n) is 0.671. The zero-order valence-corrected chi connectivity index (χ0v) is 8.80. The summed E-state index contributed by atoms with van der Waals surface area (Å²) in [6.45, 7) is 10.1. The fraction of sp³-hybridized carbons (Fsp3) is 1.00. The molecule has 0 aromatic rings. The van der Waals surface area contributed by atoms with Crippen molar-refractivity contribution in [3.63, 3.8) is 0 Å². The van der Waals surface area contributed by atoms with Gasteiger partial charge >= 0.3 is 29.1 Å². The van der Waals surface area contributed by atoms with Crippen LogP contribution in [0.1, 0.15) is 20.8 Å². The van der Waals surface area contributed by atoms with Gasteiger partial charge in [0.15, 0.2) is 0 Å². The SMILES string of the molecule is CCN(CC)CC.FP(F)(F)(F)F. The third-order valence-electron chi connectivity index (χ3n) is 1.34. The Morgan fingerprint density at radius 1 is 0.769 bits per heavy atom. The summed E-state index contributed by atoms with van der Waals surface area (Å²) in [6.07, 6.45) is 0. The Morgan fingerprint density at radius 2 is 0.923 bits per heavy atom. The quantitative estimate of drug-likeness (QED) is 0.513. The summed E-state index contributed by atoms with van der Waals surface area (Å²) in [4.78, 5) is 2.38. The summed E-state index contributed by atoms with van der Waals surface area (Å²) in [5, 5.41) is 0. The number of halogens is 5. The molecule has 0 atom stereocenters. The maximum absolute atomic E-state index is 9.84. The summed E-state index contributed by atoms with van der Waals surface area (Å²) in [7, 11) is -8.55. The molecule has 0 heterocycles. The second kappa shape index (κ2) is 5.70. The van der Waals surface area contributed by atoms with Gasteiger partial charge in [0.25, 0.3) is 0 Å². The molecule has 0 aliphatic carbocycles. The zero-order valence-electron chi connectivity index (χ0n) is 7.91. The van der Waals surface area contributed by atoms with Crippen LogP contribution in [0.5, 0.6) is 0 Å². The molecule has 0 spiro atoms. The molecule has 0 N–H and O–H groups in total. The molecule has 0 rings (SSSR count). The molecule has 0 saturated heterocycles. The van der Waals surface area contributed by atoms with Gasteiger partial charge in [0, 0.05) is 0 Å². The van der Waals surface area contributed by atoms with E-state index in [9.17, 15) is 21.0 Å². The van der Waals surface area contributed by atoms with Crippen LogP contribution in [0.3, 0.4) is 0 Å². The molecule has 0 aromatic carbocycles. The van der Waals surface area contributed by atoms with E-state index in [0.29, 0.717) is 0 Å². The van der Waals surface area contributed by atoms with E-state index in [-0.39, 0.29) is 0 Å². The van der Waals surface area contributed by atoms with E-state index >= 15 is 0 Å². The molecule has 13 heavy (non-hydrogen) atoms. The number of hydrogen-bond acceptors (Lipinski definition) is 1. The molecule has 0 unspecified atom stereocenters. The van der Waals surface area contributed by atoms with E-state index in [4.69, 9.17) is 0 Å². The van der Waals surface area contributed by atoms with Gasteiger partial charge in [0.2, 0.25) is 0 Å². The molecule has 0 radical (unpaired) electrons. The van der Waals surface area contributed by atoms with E-state index in [1.807, 2.05) is 0 Å². The average molecular weight is 227 g/mol. The average Bonchev–Trinajstić information content (AvgIpc) is 1.86. The van der Waals surface area contributed by atoms with Gasteiger partial charge in [0.05, 0.1) is 0 Å². The Labute approximate surface area is 75.4 Å². The molecule has 0 fully saturated rings. The van der Waals surface area contributed by atoms with E-state index in [0.717, 1.165) is 0 Å². The molecule has 0 amide bonds. The van der Waals surface area contributed by atoms with Crippen molar-refractivity contribution >= 4 is 8.16 Å². The van der Waals surface area contributed by atoms with Crippen LogP contribution in [0.25, 0.3) is 0 Å². The van der Waals surface area contributed by atoms with Crippen molar-refractivity contribution in [1.29, 1.82) is 0 Å². The summed E-state index contributed by atoms with van der Waals surface area (Å²) < 4.78 is 49.2. The summed E-state index contributed by atoms with van der Waals surface area (Å²) >= 11 is 0. The summed E-state index contributed by atoms with van der Waals surface area (Å²) in [6, 6.07) is 0. The predicted octanol–water partition coefficient (Wildman–Crippen LogP) is 4.31. The number of rotatable bonds is 3. The Bertz CT molecular complexity index is 106. The summed E-state index contributed by atoms with van der Waals surface area (Å²) in [5.41, 5.74) is 0. The Morgan fingerprint density at radius 3 is 0.923 bits per heavy atom. The van der Waals surface area contributed by atoms with Crippen LogP contribution >= 0.6 is 8.16 Å². The van der Waals surface area contributed by atoms with Crippen molar-refractivity contribution in [1.82, 2.24) is 4.90 Å².